The lowest BCUT2D eigenvalue weighted by molar-refractivity contribution is 0.567. The van der Waals surface area contributed by atoms with Gasteiger partial charge in [0.25, 0.3) is 0 Å². The molecule has 5 nitrogen and oxygen atoms in total. The van der Waals surface area contributed by atoms with Gasteiger partial charge in [-0.25, -0.2) is 4.98 Å². The first kappa shape index (κ1) is 14.3. The Morgan fingerprint density at radius 2 is 2.00 bits per heavy atom. The van der Waals surface area contributed by atoms with Crippen LogP contribution in [0.3, 0.4) is 0 Å². The van der Waals surface area contributed by atoms with E-state index in [0.717, 1.165) is 28.2 Å². The Hall–Kier alpha value is -3.08. The molecule has 0 atom stereocenters. The number of imidazole rings is 1. The minimum atomic E-state index is 0.654. The van der Waals surface area contributed by atoms with Gasteiger partial charge in [-0.2, -0.15) is 5.10 Å². The molecule has 1 N–H and O–H groups in total. The average Bonchev–Trinajstić information content (AvgIpc) is 3.05. The van der Waals surface area contributed by atoms with Gasteiger partial charge in [0, 0.05) is 17.0 Å². The lowest BCUT2D eigenvalue weighted by Crippen LogP contribution is -2.01. The molecule has 3 aromatic heterocycles. The quantitative estimate of drug-likeness (QED) is 0.588. The molecule has 1 aliphatic rings. The van der Waals surface area contributed by atoms with Crippen LogP contribution in [0.15, 0.2) is 65.7 Å². The van der Waals surface area contributed by atoms with Crippen molar-refractivity contribution in [2.75, 3.05) is 0 Å². The molecule has 5 heteroatoms. The molecule has 0 spiro atoms. The third-order valence-corrected chi connectivity index (χ3v) is 4.67. The third kappa shape index (κ3) is 2.67. The van der Waals surface area contributed by atoms with Gasteiger partial charge in [0.05, 0.1) is 48.2 Å². The van der Waals surface area contributed by atoms with Gasteiger partial charge in [-0.3, -0.25) is 5.10 Å². The highest BCUT2D eigenvalue weighted by atomic mass is 16.3. The summed E-state index contributed by atoms with van der Waals surface area (Å²) in [6.45, 7) is 0.708. The summed E-state index contributed by atoms with van der Waals surface area (Å²) in [4.78, 5) is 4.68. The molecule has 1 aliphatic carbocycles. The summed E-state index contributed by atoms with van der Waals surface area (Å²) in [6.07, 6.45) is 7.87. The summed E-state index contributed by atoms with van der Waals surface area (Å²) in [5.74, 6) is 0.654. The molecule has 124 valence electrons. The van der Waals surface area contributed by atoms with E-state index in [0.29, 0.717) is 12.5 Å². The van der Waals surface area contributed by atoms with Crippen LogP contribution in [-0.4, -0.2) is 19.7 Å². The minimum absolute atomic E-state index is 0.654. The van der Waals surface area contributed by atoms with Gasteiger partial charge in [0.2, 0.25) is 0 Å². The number of hydrogen-bond donors (Lipinski definition) is 1. The predicted octanol–water partition coefficient (Wildman–Crippen LogP) is 4.46. The second kappa shape index (κ2) is 5.77. The Balaban J connectivity index is 1.55. The molecule has 0 unspecified atom stereocenters. The van der Waals surface area contributed by atoms with Gasteiger partial charge in [0.1, 0.15) is 0 Å². The highest BCUT2D eigenvalue weighted by Gasteiger charge is 2.26. The van der Waals surface area contributed by atoms with Crippen LogP contribution >= 0.6 is 0 Å². The SMILES string of the molecule is c1ccc(-c2ncn(Cc3cc(C4CC4)n[nH]3)c2-c2ccoc2)cc1. The molecule has 0 aliphatic heterocycles. The molecule has 3 heterocycles. The highest BCUT2D eigenvalue weighted by Crippen LogP contribution is 2.39. The van der Waals surface area contributed by atoms with E-state index in [-0.39, 0.29) is 0 Å². The Bertz CT molecular complexity index is 978. The molecule has 4 aromatic rings. The van der Waals surface area contributed by atoms with Gasteiger partial charge in [-0.05, 0) is 25.0 Å². The normalized spacial score (nSPS) is 14.1. The minimum Gasteiger partial charge on any atom is -0.472 e. The monoisotopic (exact) mass is 330 g/mol. The number of nitrogens with one attached hydrogen (secondary N) is 1. The van der Waals surface area contributed by atoms with Crippen LogP contribution in [0.5, 0.6) is 0 Å². The molecule has 0 bridgehead atoms. The Kier molecular flexibility index (Phi) is 3.30. The number of aromatic nitrogens is 4. The van der Waals surface area contributed by atoms with Crippen LogP contribution in [0, 0.1) is 0 Å². The summed E-state index contributed by atoms with van der Waals surface area (Å²) in [6, 6.07) is 14.4. The van der Waals surface area contributed by atoms with Crippen molar-refractivity contribution in [3.63, 3.8) is 0 Å². The van der Waals surface area contributed by atoms with E-state index in [1.54, 1.807) is 12.5 Å². The van der Waals surface area contributed by atoms with Crippen molar-refractivity contribution in [3.05, 3.63) is 72.7 Å². The van der Waals surface area contributed by atoms with Crippen LogP contribution < -0.4 is 0 Å². The highest BCUT2D eigenvalue weighted by molar-refractivity contribution is 5.78. The third-order valence-electron chi connectivity index (χ3n) is 4.67. The van der Waals surface area contributed by atoms with Crippen LogP contribution in [0.2, 0.25) is 0 Å². The van der Waals surface area contributed by atoms with E-state index < -0.39 is 0 Å². The van der Waals surface area contributed by atoms with Gasteiger partial charge >= 0.3 is 0 Å². The zero-order valence-electron chi connectivity index (χ0n) is 13.7. The molecular weight excluding hydrogens is 312 g/mol. The van der Waals surface area contributed by atoms with Crippen LogP contribution in [0.4, 0.5) is 0 Å². The van der Waals surface area contributed by atoms with Crippen molar-refractivity contribution < 1.29 is 4.42 Å². The van der Waals surface area contributed by atoms with E-state index in [1.165, 1.54) is 18.5 Å². The number of nitrogens with zero attached hydrogens (tertiary/aromatic N) is 3. The van der Waals surface area contributed by atoms with Gasteiger partial charge < -0.3 is 8.98 Å². The lowest BCUT2D eigenvalue weighted by Gasteiger charge is -2.07. The largest absolute Gasteiger partial charge is 0.472 e. The molecule has 1 fully saturated rings. The molecule has 5 rings (SSSR count). The topological polar surface area (TPSA) is 59.6 Å². The lowest BCUT2D eigenvalue weighted by atomic mass is 10.1. The molecule has 0 saturated heterocycles. The maximum Gasteiger partial charge on any atom is 0.0996 e. The summed E-state index contributed by atoms with van der Waals surface area (Å²) in [7, 11) is 0. The van der Waals surface area contributed by atoms with E-state index in [1.807, 2.05) is 30.6 Å². The fourth-order valence-corrected chi connectivity index (χ4v) is 3.24. The van der Waals surface area contributed by atoms with Crippen molar-refractivity contribution in [2.45, 2.75) is 25.3 Å². The van der Waals surface area contributed by atoms with Gasteiger partial charge in [-0.1, -0.05) is 30.3 Å². The van der Waals surface area contributed by atoms with Crippen molar-refractivity contribution >= 4 is 0 Å². The van der Waals surface area contributed by atoms with Crippen LogP contribution in [-0.2, 0) is 6.54 Å². The Morgan fingerprint density at radius 3 is 2.76 bits per heavy atom. The zero-order chi connectivity index (χ0) is 16.6. The van der Waals surface area contributed by atoms with Crippen molar-refractivity contribution in [2.24, 2.45) is 0 Å². The maximum atomic E-state index is 5.32. The molecule has 1 aromatic carbocycles. The molecule has 0 radical (unpaired) electrons. The zero-order valence-corrected chi connectivity index (χ0v) is 13.7. The first-order valence-electron chi connectivity index (χ1n) is 8.56. The first-order valence-corrected chi connectivity index (χ1v) is 8.56. The number of benzene rings is 1. The van der Waals surface area contributed by atoms with E-state index in [4.69, 9.17) is 4.42 Å². The second-order valence-electron chi connectivity index (χ2n) is 6.54. The second-order valence-corrected chi connectivity index (χ2v) is 6.54. The fraction of sp³-hybridized carbons (Fsp3) is 0.200. The van der Waals surface area contributed by atoms with Crippen LogP contribution in [0.25, 0.3) is 22.5 Å². The van der Waals surface area contributed by atoms with Gasteiger partial charge in [-0.15, -0.1) is 0 Å². The van der Waals surface area contributed by atoms with Crippen molar-refractivity contribution in [3.8, 4) is 22.5 Å². The van der Waals surface area contributed by atoms with E-state index in [2.05, 4.69) is 37.9 Å². The molecular formula is C20H18N4O. The van der Waals surface area contributed by atoms with Gasteiger partial charge in [0.15, 0.2) is 0 Å². The van der Waals surface area contributed by atoms with E-state index in [9.17, 15) is 0 Å². The summed E-state index contributed by atoms with van der Waals surface area (Å²) in [5.41, 5.74) is 6.43. The number of rotatable bonds is 5. The summed E-state index contributed by atoms with van der Waals surface area (Å²) in [5, 5.41) is 7.63. The smallest absolute Gasteiger partial charge is 0.0996 e. The Labute approximate surface area is 145 Å². The fourth-order valence-electron chi connectivity index (χ4n) is 3.24. The number of aromatic amines is 1. The maximum absolute atomic E-state index is 5.32. The molecule has 0 amide bonds. The first-order chi connectivity index (χ1) is 12.4. The average molecular weight is 330 g/mol. The summed E-state index contributed by atoms with van der Waals surface area (Å²) < 4.78 is 7.47. The van der Waals surface area contributed by atoms with Crippen molar-refractivity contribution in [1.29, 1.82) is 0 Å². The summed E-state index contributed by atoms with van der Waals surface area (Å²) >= 11 is 0. The number of hydrogen-bond acceptors (Lipinski definition) is 3. The van der Waals surface area contributed by atoms with E-state index >= 15 is 0 Å². The number of furan rings is 1. The predicted molar refractivity (Wildman–Crippen MR) is 95.0 cm³/mol. The van der Waals surface area contributed by atoms with Crippen molar-refractivity contribution in [1.82, 2.24) is 19.7 Å². The molecule has 25 heavy (non-hydrogen) atoms. The number of H-pyrrole nitrogens is 1. The standard InChI is InChI=1S/C20H18N4O/c1-2-4-15(5-3-1)19-20(16-8-9-25-12-16)24(13-21-19)11-17-10-18(23-22-17)14-6-7-14/h1-5,8-10,12-14H,6-7,11H2,(H,22,23). The Morgan fingerprint density at radius 1 is 1.12 bits per heavy atom. The molecule has 1 saturated carbocycles. The van der Waals surface area contributed by atoms with Crippen LogP contribution in [0.1, 0.15) is 30.1 Å².